The normalized spacial score (nSPS) is 14.1. The van der Waals surface area contributed by atoms with E-state index in [4.69, 9.17) is 0 Å². The van der Waals surface area contributed by atoms with Crippen LogP contribution in [0.15, 0.2) is 29.2 Å². The minimum Gasteiger partial charge on any atom is -0.507 e. The van der Waals surface area contributed by atoms with Crippen LogP contribution in [0.5, 0.6) is 5.75 Å². The summed E-state index contributed by atoms with van der Waals surface area (Å²) in [4.78, 5) is -0.0388. The second kappa shape index (κ2) is 5.71. The van der Waals surface area contributed by atoms with Crippen molar-refractivity contribution >= 4 is 10.0 Å². The number of sulfonamides is 1. The summed E-state index contributed by atoms with van der Waals surface area (Å²) in [7, 11) is -2.08. The van der Waals surface area contributed by atoms with Gasteiger partial charge in [-0.1, -0.05) is 26.0 Å². The van der Waals surface area contributed by atoms with Gasteiger partial charge < -0.3 is 5.11 Å². The zero-order valence-corrected chi connectivity index (χ0v) is 12.1. The zero-order valence-electron chi connectivity index (χ0n) is 11.3. The monoisotopic (exact) mass is 271 g/mol. The van der Waals surface area contributed by atoms with Gasteiger partial charge in [-0.05, 0) is 31.4 Å². The van der Waals surface area contributed by atoms with Gasteiger partial charge in [-0.25, -0.2) is 8.42 Å². The van der Waals surface area contributed by atoms with Gasteiger partial charge in [0.2, 0.25) is 10.0 Å². The molecule has 0 fully saturated rings. The van der Waals surface area contributed by atoms with E-state index in [0.717, 1.165) is 6.42 Å². The summed E-state index contributed by atoms with van der Waals surface area (Å²) >= 11 is 0. The second-order valence-electron chi connectivity index (χ2n) is 4.97. The van der Waals surface area contributed by atoms with Crippen molar-refractivity contribution in [1.29, 1.82) is 0 Å². The second-order valence-corrected chi connectivity index (χ2v) is 6.93. The molecule has 1 aromatic carbocycles. The van der Waals surface area contributed by atoms with Crippen molar-refractivity contribution in [2.24, 2.45) is 5.92 Å². The number of aromatic hydroxyl groups is 1. The lowest BCUT2D eigenvalue weighted by Gasteiger charge is -2.25. The maximum atomic E-state index is 12.3. The Kier molecular flexibility index (Phi) is 4.76. The van der Waals surface area contributed by atoms with Gasteiger partial charge in [0.05, 0.1) is 0 Å². The number of nitrogens with zero attached hydrogens (tertiary/aromatic N) is 1. The molecule has 102 valence electrons. The van der Waals surface area contributed by atoms with Crippen molar-refractivity contribution < 1.29 is 13.5 Å². The molecule has 18 heavy (non-hydrogen) atoms. The average molecular weight is 271 g/mol. The summed E-state index contributed by atoms with van der Waals surface area (Å²) < 4.78 is 26.0. The number of rotatable bonds is 5. The Balaban J connectivity index is 3.04. The molecule has 0 amide bonds. The van der Waals surface area contributed by atoms with E-state index in [0.29, 0.717) is 5.92 Å². The Labute approximate surface area is 109 Å². The summed E-state index contributed by atoms with van der Waals surface area (Å²) in [6.45, 7) is 5.98. The Bertz CT molecular complexity index is 497. The van der Waals surface area contributed by atoms with Gasteiger partial charge in [0.15, 0.2) is 0 Å². The molecule has 0 heterocycles. The fraction of sp³-hybridized carbons (Fsp3) is 0.538. The summed E-state index contributed by atoms with van der Waals surface area (Å²) in [6, 6.07) is 5.91. The molecule has 0 bridgehead atoms. The SMILES string of the molecule is CC(C)CC(C)N(C)S(=O)(=O)c1ccccc1O. The summed E-state index contributed by atoms with van der Waals surface area (Å²) in [5, 5.41) is 9.65. The molecule has 1 atom stereocenters. The van der Waals surface area contributed by atoms with Crippen LogP contribution >= 0.6 is 0 Å². The molecule has 0 radical (unpaired) electrons. The largest absolute Gasteiger partial charge is 0.507 e. The summed E-state index contributed by atoms with van der Waals surface area (Å²) in [5.41, 5.74) is 0. The minimum atomic E-state index is -3.63. The highest BCUT2D eigenvalue weighted by molar-refractivity contribution is 7.89. The quantitative estimate of drug-likeness (QED) is 0.895. The Morgan fingerprint density at radius 2 is 1.78 bits per heavy atom. The predicted molar refractivity (Wildman–Crippen MR) is 72.0 cm³/mol. The van der Waals surface area contributed by atoms with Crippen molar-refractivity contribution in [3.63, 3.8) is 0 Å². The standard InChI is InChI=1S/C13H21NO3S/c1-10(2)9-11(3)14(4)18(16,17)13-8-6-5-7-12(13)15/h5-8,10-11,15H,9H2,1-4H3. The summed E-state index contributed by atoms with van der Waals surface area (Å²) in [6.07, 6.45) is 0.781. The molecule has 1 aromatic rings. The van der Waals surface area contributed by atoms with E-state index < -0.39 is 10.0 Å². The van der Waals surface area contributed by atoms with Crippen LogP contribution < -0.4 is 0 Å². The Morgan fingerprint density at radius 1 is 1.22 bits per heavy atom. The molecular weight excluding hydrogens is 250 g/mol. The Morgan fingerprint density at radius 3 is 2.28 bits per heavy atom. The van der Waals surface area contributed by atoms with Crippen LogP contribution in [0, 0.1) is 5.92 Å². The van der Waals surface area contributed by atoms with Crippen molar-refractivity contribution in [2.75, 3.05) is 7.05 Å². The lowest BCUT2D eigenvalue weighted by molar-refractivity contribution is 0.336. The molecule has 0 saturated carbocycles. The highest BCUT2D eigenvalue weighted by Gasteiger charge is 2.27. The van der Waals surface area contributed by atoms with Crippen LogP contribution in [0.4, 0.5) is 0 Å². The molecular formula is C13H21NO3S. The molecule has 4 nitrogen and oxygen atoms in total. The van der Waals surface area contributed by atoms with Gasteiger partial charge in [0.25, 0.3) is 0 Å². The van der Waals surface area contributed by atoms with E-state index >= 15 is 0 Å². The molecule has 0 aliphatic carbocycles. The molecule has 0 spiro atoms. The fourth-order valence-corrected chi connectivity index (χ4v) is 3.35. The van der Waals surface area contributed by atoms with E-state index in [9.17, 15) is 13.5 Å². The molecule has 5 heteroatoms. The number of hydrogen-bond donors (Lipinski definition) is 1. The molecule has 1 N–H and O–H groups in total. The lowest BCUT2D eigenvalue weighted by atomic mass is 10.1. The first-order chi connectivity index (χ1) is 8.26. The maximum absolute atomic E-state index is 12.3. The summed E-state index contributed by atoms with van der Waals surface area (Å²) in [5.74, 6) is 0.211. The minimum absolute atomic E-state index is 0.0388. The third-order valence-electron chi connectivity index (χ3n) is 2.96. The first-order valence-electron chi connectivity index (χ1n) is 6.02. The first-order valence-corrected chi connectivity index (χ1v) is 7.47. The first kappa shape index (κ1) is 15.0. The van der Waals surface area contributed by atoms with Crippen molar-refractivity contribution in [3.8, 4) is 5.75 Å². The van der Waals surface area contributed by atoms with Crippen LogP contribution in [0.1, 0.15) is 27.2 Å². The number of phenolic OH excluding ortho intramolecular Hbond substituents is 1. The average Bonchev–Trinajstić information content (AvgIpc) is 2.27. The molecule has 0 aliphatic heterocycles. The van der Waals surface area contributed by atoms with E-state index in [-0.39, 0.29) is 16.7 Å². The highest BCUT2D eigenvalue weighted by Crippen LogP contribution is 2.26. The molecule has 1 unspecified atom stereocenters. The van der Waals surface area contributed by atoms with E-state index in [1.807, 2.05) is 6.92 Å². The third kappa shape index (κ3) is 3.23. The molecule has 1 rings (SSSR count). The lowest BCUT2D eigenvalue weighted by Crippen LogP contribution is -2.35. The molecule has 0 aromatic heterocycles. The van der Waals surface area contributed by atoms with E-state index in [2.05, 4.69) is 13.8 Å². The van der Waals surface area contributed by atoms with Crippen molar-refractivity contribution in [2.45, 2.75) is 38.1 Å². The maximum Gasteiger partial charge on any atom is 0.246 e. The molecule has 0 saturated heterocycles. The fourth-order valence-electron chi connectivity index (χ4n) is 1.90. The topological polar surface area (TPSA) is 57.6 Å². The van der Waals surface area contributed by atoms with Crippen LogP contribution in [0.3, 0.4) is 0 Å². The molecule has 0 aliphatic rings. The van der Waals surface area contributed by atoms with Crippen LogP contribution in [0.25, 0.3) is 0 Å². The van der Waals surface area contributed by atoms with Gasteiger partial charge in [-0.15, -0.1) is 0 Å². The van der Waals surface area contributed by atoms with Gasteiger partial charge in [-0.2, -0.15) is 4.31 Å². The van der Waals surface area contributed by atoms with Gasteiger partial charge in [-0.3, -0.25) is 0 Å². The number of phenols is 1. The number of benzene rings is 1. The van der Waals surface area contributed by atoms with Gasteiger partial charge >= 0.3 is 0 Å². The van der Waals surface area contributed by atoms with Crippen molar-refractivity contribution in [1.82, 2.24) is 4.31 Å². The van der Waals surface area contributed by atoms with Crippen LogP contribution in [-0.4, -0.2) is 30.9 Å². The Hall–Kier alpha value is -1.07. The number of hydrogen-bond acceptors (Lipinski definition) is 3. The third-order valence-corrected chi connectivity index (χ3v) is 4.97. The van der Waals surface area contributed by atoms with Crippen LogP contribution in [0.2, 0.25) is 0 Å². The van der Waals surface area contributed by atoms with Crippen molar-refractivity contribution in [3.05, 3.63) is 24.3 Å². The van der Waals surface area contributed by atoms with Crippen LogP contribution in [-0.2, 0) is 10.0 Å². The van der Waals surface area contributed by atoms with Gasteiger partial charge in [0.1, 0.15) is 10.6 Å². The van der Waals surface area contributed by atoms with E-state index in [1.54, 1.807) is 19.2 Å². The van der Waals surface area contributed by atoms with E-state index in [1.165, 1.54) is 16.4 Å². The van der Waals surface area contributed by atoms with Gasteiger partial charge in [0, 0.05) is 13.1 Å². The smallest absolute Gasteiger partial charge is 0.246 e. The zero-order chi connectivity index (χ0) is 13.9. The highest BCUT2D eigenvalue weighted by atomic mass is 32.2. The predicted octanol–water partition coefficient (Wildman–Crippen LogP) is 2.45. The number of para-hydroxylation sites is 1.